The number of nitrogens with one attached hydrogen (secondary N) is 1. The van der Waals surface area contributed by atoms with Crippen LogP contribution in [0.25, 0.3) is 0 Å². The van der Waals surface area contributed by atoms with E-state index < -0.39 is 4.92 Å². The van der Waals surface area contributed by atoms with Crippen LogP contribution in [0.3, 0.4) is 0 Å². The highest BCUT2D eigenvalue weighted by Gasteiger charge is 2.14. The number of para-hydroxylation sites is 1. The minimum atomic E-state index is -0.488. The van der Waals surface area contributed by atoms with Gasteiger partial charge in [0.05, 0.1) is 11.3 Å². The van der Waals surface area contributed by atoms with Crippen molar-refractivity contribution >= 4 is 11.6 Å². The van der Waals surface area contributed by atoms with Crippen LogP contribution in [0.15, 0.2) is 24.3 Å². The second kappa shape index (κ2) is 4.36. The van der Waals surface area contributed by atoms with E-state index in [9.17, 15) is 14.9 Å². The number of benzene rings is 1. The molecule has 14 heavy (non-hydrogen) atoms. The van der Waals surface area contributed by atoms with Crippen LogP contribution >= 0.6 is 0 Å². The lowest BCUT2D eigenvalue weighted by molar-refractivity contribution is -0.385. The van der Waals surface area contributed by atoms with Crippen LogP contribution in [0.4, 0.5) is 5.69 Å². The van der Waals surface area contributed by atoms with Crippen molar-refractivity contribution in [2.24, 2.45) is 0 Å². The molecule has 0 atom stereocenters. The molecule has 0 aliphatic carbocycles. The molecule has 1 rings (SSSR count). The summed E-state index contributed by atoms with van der Waals surface area (Å²) in [6, 6.07) is 6.21. The normalized spacial score (nSPS) is 9.50. The first-order chi connectivity index (χ1) is 6.65. The van der Waals surface area contributed by atoms with Crippen molar-refractivity contribution in [2.75, 3.05) is 7.05 Å². The summed E-state index contributed by atoms with van der Waals surface area (Å²) < 4.78 is 0. The van der Waals surface area contributed by atoms with Gasteiger partial charge in [-0.05, 0) is 0 Å². The maximum absolute atomic E-state index is 11.0. The number of carbonyl (C=O) groups excluding carboxylic acids is 1. The first-order valence-corrected chi connectivity index (χ1v) is 4.08. The Kier molecular flexibility index (Phi) is 3.17. The van der Waals surface area contributed by atoms with Crippen LogP contribution in [0, 0.1) is 10.1 Å². The molecule has 0 spiro atoms. The molecule has 0 fully saturated rings. The average Bonchev–Trinajstić information content (AvgIpc) is 2.18. The van der Waals surface area contributed by atoms with E-state index >= 15 is 0 Å². The zero-order chi connectivity index (χ0) is 10.6. The summed E-state index contributed by atoms with van der Waals surface area (Å²) in [6.45, 7) is 0. The molecule has 1 aromatic rings. The fraction of sp³-hybridized carbons (Fsp3) is 0.222. The van der Waals surface area contributed by atoms with Crippen LogP contribution in [0.2, 0.25) is 0 Å². The molecule has 74 valence electrons. The lowest BCUT2D eigenvalue weighted by Gasteiger charge is -2.00. The van der Waals surface area contributed by atoms with Gasteiger partial charge in [-0.1, -0.05) is 18.2 Å². The minimum absolute atomic E-state index is 0.0175. The van der Waals surface area contributed by atoms with Gasteiger partial charge in [0.15, 0.2) is 0 Å². The van der Waals surface area contributed by atoms with Crippen molar-refractivity contribution < 1.29 is 9.72 Å². The fourth-order valence-electron chi connectivity index (χ4n) is 1.10. The van der Waals surface area contributed by atoms with E-state index in [0.29, 0.717) is 5.56 Å². The minimum Gasteiger partial charge on any atom is -0.359 e. The first-order valence-electron chi connectivity index (χ1n) is 4.08. The Morgan fingerprint density at radius 2 is 2.14 bits per heavy atom. The molecule has 0 unspecified atom stereocenters. The summed E-state index contributed by atoms with van der Waals surface area (Å²) in [5, 5.41) is 13.0. The van der Waals surface area contributed by atoms with Gasteiger partial charge < -0.3 is 5.32 Å². The summed E-state index contributed by atoms with van der Waals surface area (Å²) in [5.41, 5.74) is 0.410. The summed E-state index contributed by atoms with van der Waals surface area (Å²) in [7, 11) is 1.50. The lowest BCUT2D eigenvalue weighted by atomic mass is 10.1. The van der Waals surface area contributed by atoms with E-state index in [-0.39, 0.29) is 18.0 Å². The molecule has 0 saturated heterocycles. The highest BCUT2D eigenvalue weighted by Crippen LogP contribution is 2.17. The van der Waals surface area contributed by atoms with Gasteiger partial charge in [-0.2, -0.15) is 0 Å². The quantitative estimate of drug-likeness (QED) is 0.573. The van der Waals surface area contributed by atoms with E-state index in [2.05, 4.69) is 5.32 Å². The highest BCUT2D eigenvalue weighted by atomic mass is 16.6. The van der Waals surface area contributed by atoms with E-state index in [1.54, 1.807) is 18.2 Å². The van der Waals surface area contributed by atoms with E-state index in [0.717, 1.165) is 0 Å². The zero-order valence-corrected chi connectivity index (χ0v) is 7.69. The van der Waals surface area contributed by atoms with Crippen molar-refractivity contribution in [3.8, 4) is 0 Å². The standard InChI is InChI=1S/C9H10N2O3/c1-10-9(12)6-7-4-2-3-5-8(7)11(13)14/h2-5H,6H2,1H3,(H,10,12). The third-order valence-corrected chi connectivity index (χ3v) is 1.82. The number of hydrogen-bond donors (Lipinski definition) is 1. The van der Waals surface area contributed by atoms with E-state index in [1.165, 1.54) is 13.1 Å². The van der Waals surface area contributed by atoms with Gasteiger partial charge in [-0.25, -0.2) is 0 Å². The van der Waals surface area contributed by atoms with Crippen LogP contribution in [-0.4, -0.2) is 17.9 Å². The topological polar surface area (TPSA) is 72.2 Å². The predicted molar refractivity (Wildman–Crippen MR) is 50.9 cm³/mol. The van der Waals surface area contributed by atoms with Crippen molar-refractivity contribution in [3.05, 3.63) is 39.9 Å². The number of carbonyl (C=O) groups is 1. The van der Waals surface area contributed by atoms with Crippen molar-refractivity contribution in [1.29, 1.82) is 0 Å². The van der Waals surface area contributed by atoms with Crippen molar-refractivity contribution in [3.63, 3.8) is 0 Å². The van der Waals surface area contributed by atoms with Gasteiger partial charge >= 0.3 is 0 Å². The molecule has 0 saturated carbocycles. The third kappa shape index (κ3) is 2.29. The number of nitrogens with zero attached hydrogens (tertiary/aromatic N) is 1. The summed E-state index contributed by atoms with van der Waals surface area (Å²) >= 11 is 0. The zero-order valence-electron chi connectivity index (χ0n) is 7.69. The van der Waals surface area contributed by atoms with Crippen LogP contribution < -0.4 is 5.32 Å². The molecule has 1 N–H and O–H groups in total. The molecule has 0 aliphatic heterocycles. The molecule has 0 radical (unpaired) electrons. The molecule has 5 nitrogen and oxygen atoms in total. The number of likely N-dealkylation sites (N-methyl/N-ethyl adjacent to an activating group) is 1. The Labute approximate surface area is 80.9 Å². The Morgan fingerprint density at radius 3 is 2.71 bits per heavy atom. The molecule has 0 aliphatic rings. The molecular formula is C9H10N2O3. The molecule has 0 heterocycles. The van der Waals surface area contributed by atoms with Gasteiger partial charge in [0.1, 0.15) is 0 Å². The smallest absolute Gasteiger partial charge is 0.273 e. The Hall–Kier alpha value is -1.91. The van der Waals surface area contributed by atoms with Crippen LogP contribution in [-0.2, 0) is 11.2 Å². The number of rotatable bonds is 3. The van der Waals surface area contributed by atoms with Crippen molar-refractivity contribution in [1.82, 2.24) is 5.32 Å². The number of hydrogen-bond acceptors (Lipinski definition) is 3. The molecular weight excluding hydrogens is 184 g/mol. The SMILES string of the molecule is CNC(=O)Cc1ccccc1[N+](=O)[O-]. The van der Waals surface area contributed by atoms with E-state index in [1.807, 2.05) is 0 Å². The van der Waals surface area contributed by atoms with E-state index in [4.69, 9.17) is 0 Å². The monoisotopic (exact) mass is 194 g/mol. The Balaban J connectivity index is 2.95. The maximum Gasteiger partial charge on any atom is 0.273 e. The first kappa shape index (κ1) is 10.2. The van der Waals surface area contributed by atoms with Gasteiger partial charge in [0.25, 0.3) is 5.69 Å². The average molecular weight is 194 g/mol. The molecule has 5 heteroatoms. The molecule has 1 aromatic carbocycles. The maximum atomic E-state index is 11.0. The number of nitro groups is 1. The third-order valence-electron chi connectivity index (χ3n) is 1.82. The second-order valence-electron chi connectivity index (χ2n) is 2.74. The van der Waals surface area contributed by atoms with Crippen molar-refractivity contribution in [2.45, 2.75) is 6.42 Å². The fourth-order valence-corrected chi connectivity index (χ4v) is 1.10. The van der Waals surface area contributed by atoms with Crippen LogP contribution in [0.1, 0.15) is 5.56 Å². The largest absolute Gasteiger partial charge is 0.359 e. The predicted octanol–water partition coefficient (Wildman–Crippen LogP) is 0.883. The lowest BCUT2D eigenvalue weighted by Crippen LogP contribution is -2.20. The Morgan fingerprint density at radius 1 is 1.50 bits per heavy atom. The van der Waals surface area contributed by atoms with Crippen LogP contribution in [0.5, 0.6) is 0 Å². The second-order valence-corrected chi connectivity index (χ2v) is 2.74. The summed E-state index contributed by atoms with van der Waals surface area (Å²) in [5.74, 6) is -0.237. The van der Waals surface area contributed by atoms with Gasteiger partial charge in [-0.15, -0.1) is 0 Å². The highest BCUT2D eigenvalue weighted by molar-refractivity contribution is 5.79. The summed E-state index contributed by atoms with van der Waals surface area (Å²) in [6.07, 6.45) is 0.0354. The molecule has 1 amide bonds. The van der Waals surface area contributed by atoms with Gasteiger partial charge in [-0.3, -0.25) is 14.9 Å². The molecule has 0 bridgehead atoms. The number of amides is 1. The van der Waals surface area contributed by atoms with Gasteiger partial charge in [0.2, 0.25) is 5.91 Å². The number of nitro benzene ring substituents is 1. The Bertz CT molecular complexity index is 363. The molecule has 0 aromatic heterocycles. The van der Waals surface area contributed by atoms with Gasteiger partial charge in [0, 0.05) is 18.7 Å². The summed E-state index contributed by atoms with van der Waals surface area (Å²) in [4.78, 5) is 21.1.